The molecule has 1 N–H and O–H groups in total. The molecule has 0 spiro atoms. The minimum absolute atomic E-state index is 0.0561. The average molecular weight is 260 g/mol. The van der Waals surface area contributed by atoms with Crippen molar-refractivity contribution in [2.75, 3.05) is 4.90 Å². The molecule has 0 aromatic heterocycles. The van der Waals surface area contributed by atoms with Gasteiger partial charge >= 0.3 is 0 Å². The largest absolute Gasteiger partial charge is 0.338 e. The summed E-state index contributed by atoms with van der Waals surface area (Å²) in [6.07, 6.45) is 0.838. The Hall–Kier alpha value is -1.84. The molecule has 1 aliphatic heterocycles. The first-order valence-corrected chi connectivity index (χ1v) is 6.63. The van der Waals surface area contributed by atoms with E-state index < -0.39 is 5.54 Å². The van der Waals surface area contributed by atoms with Crippen molar-refractivity contribution in [3.8, 4) is 0 Å². The van der Waals surface area contributed by atoms with E-state index in [0.717, 1.165) is 6.42 Å². The minimum atomic E-state index is -0.889. The Labute approximate surface area is 113 Å². The zero-order valence-corrected chi connectivity index (χ0v) is 11.9. The van der Waals surface area contributed by atoms with Crippen LogP contribution in [0.4, 0.5) is 5.69 Å². The third-order valence-corrected chi connectivity index (χ3v) is 3.62. The fraction of sp³-hybridized carbons (Fsp3) is 0.467. The highest BCUT2D eigenvalue weighted by Crippen LogP contribution is 2.29. The SMILES string of the molecule is CCC(C)N1C(=O)C(C)(C)NC(=O)c2ccccc21. The van der Waals surface area contributed by atoms with Gasteiger partial charge in [-0.25, -0.2) is 0 Å². The predicted octanol–water partition coefficient (Wildman–Crippen LogP) is 2.34. The van der Waals surface area contributed by atoms with E-state index in [1.54, 1.807) is 24.8 Å². The molecule has 1 atom stereocenters. The third kappa shape index (κ3) is 2.23. The van der Waals surface area contributed by atoms with Gasteiger partial charge < -0.3 is 10.2 Å². The van der Waals surface area contributed by atoms with Gasteiger partial charge in [0.25, 0.3) is 11.8 Å². The van der Waals surface area contributed by atoms with E-state index in [1.165, 1.54) is 0 Å². The summed E-state index contributed by atoms with van der Waals surface area (Å²) in [5.41, 5.74) is 0.367. The molecule has 0 saturated heterocycles. The maximum absolute atomic E-state index is 12.7. The number of para-hydroxylation sites is 1. The Morgan fingerprint density at radius 2 is 1.89 bits per heavy atom. The van der Waals surface area contributed by atoms with Crippen molar-refractivity contribution in [1.29, 1.82) is 0 Å². The molecule has 0 fully saturated rings. The monoisotopic (exact) mass is 260 g/mol. The lowest BCUT2D eigenvalue weighted by Gasteiger charge is -2.33. The third-order valence-electron chi connectivity index (χ3n) is 3.62. The molecule has 1 heterocycles. The summed E-state index contributed by atoms with van der Waals surface area (Å²) in [6.45, 7) is 7.53. The zero-order chi connectivity index (χ0) is 14.2. The lowest BCUT2D eigenvalue weighted by atomic mass is 10.0. The average Bonchev–Trinajstić information content (AvgIpc) is 2.44. The molecule has 102 valence electrons. The van der Waals surface area contributed by atoms with Crippen LogP contribution < -0.4 is 10.2 Å². The van der Waals surface area contributed by atoms with Crippen molar-refractivity contribution >= 4 is 17.5 Å². The quantitative estimate of drug-likeness (QED) is 0.887. The summed E-state index contributed by atoms with van der Waals surface area (Å²) < 4.78 is 0. The topological polar surface area (TPSA) is 49.4 Å². The number of amides is 2. The fourth-order valence-electron chi connectivity index (χ4n) is 2.31. The second-order valence-corrected chi connectivity index (χ2v) is 5.53. The number of carbonyl (C=O) groups excluding carboxylic acids is 2. The lowest BCUT2D eigenvalue weighted by molar-refractivity contribution is -0.123. The van der Waals surface area contributed by atoms with Gasteiger partial charge in [0.15, 0.2) is 0 Å². The molecular weight excluding hydrogens is 240 g/mol. The number of anilines is 1. The van der Waals surface area contributed by atoms with Crippen LogP contribution in [0.5, 0.6) is 0 Å². The molecule has 0 bridgehead atoms. The van der Waals surface area contributed by atoms with Crippen LogP contribution in [0, 0.1) is 0 Å². The molecule has 0 radical (unpaired) electrons. The second-order valence-electron chi connectivity index (χ2n) is 5.53. The lowest BCUT2D eigenvalue weighted by Crippen LogP contribution is -2.55. The van der Waals surface area contributed by atoms with Crippen LogP contribution in [-0.4, -0.2) is 23.4 Å². The van der Waals surface area contributed by atoms with Crippen LogP contribution in [0.3, 0.4) is 0 Å². The van der Waals surface area contributed by atoms with E-state index >= 15 is 0 Å². The molecule has 1 aromatic rings. The highest BCUT2D eigenvalue weighted by atomic mass is 16.2. The first-order chi connectivity index (χ1) is 8.88. The minimum Gasteiger partial charge on any atom is -0.338 e. The van der Waals surface area contributed by atoms with E-state index in [2.05, 4.69) is 5.32 Å². The highest BCUT2D eigenvalue weighted by molar-refractivity contribution is 6.12. The number of nitrogens with one attached hydrogen (secondary N) is 1. The van der Waals surface area contributed by atoms with E-state index in [1.807, 2.05) is 32.0 Å². The smallest absolute Gasteiger partial charge is 0.254 e. The standard InChI is InChI=1S/C15H20N2O2/c1-5-10(2)17-12-9-7-6-8-11(12)13(18)16-15(3,4)14(17)19/h6-10H,5H2,1-4H3,(H,16,18). The summed E-state index contributed by atoms with van der Waals surface area (Å²) in [7, 11) is 0. The molecule has 1 aromatic carbocycles. The number of carbonyl (C=O) groups is 2. The number of benzene rings is 1. The van der Waals surface area contributed by atoms with Gasteiger partial charge in [-0.15, -0.1) is 0 Å². The van der Waals surface area contributed by atoms with Crippen molar-refractivity contribution in [2.45, 2.75) is 45.7 Å². The molecule has 2 amide bonds. The van der Waals surface area contributed by atoms with Gasteiger partial charge in [0.05, 0.1) is 11.3 Å². The maximum atomic E-state index is 12.7. The van der Waals surface area contributed by atoms with Crippen molar-refractivity contribution < 1.29 is 9.59 Å². The second kappa shape index (κ2) is 4.68. The molecule has 0 saturated carbocycles. The van der Waals surface area contributed by atoms with Gasteiger partial charge in [-0.2, -0.15) is 0 Å². The Morgan fingerprint density at radius 1 is 1.26 bits per heavy atom. The van der Waals surface area contributed by atoms with Crippen molar-refractivity contribution in [3.05, 3.63) is 29.8 Å². The van der Waals surface area contributed by atoms with E-state index in [0.29, 0.717) is 11.3 Å². The summed E-state index contributed by atoms with van der Waals surface area (Å²) in [5.74, 6) is -0.264. The number of fused-ring (bicyclic) bond motifs is 1. The number of nitrogens with zero attached hydrogens (tertiary/aromatic N) is 1. The van der Waals surface area contributed by atoms with Crippen molar-refractivity contribution in [3.63, 3.8) is 0 Å². The molecule has 4 nitrogen and oxygen atoms in total. The first kappa shape index (κ1) is 13.6. The molecular formula is C15H20N2O2. The van der Waals surface area contributed by atoms with Crippen LogP contribution in [0.1, 0.15) is 44.5 Å². The fourth-order valence-corrected chi connectivity index (χ4v) is 2.31. The van der Waals surface area contributed by atoms with Crippen LogP contribution in [0.25, 0.3) is 0 Å². The van der Waals surface area contributed by atoms with Crippen LogP contribution in [0.2, 0.25) is 0 Å². The zero-order valence-electron chi connectivity index (χ0n) is 11.9. The Bertz CT molecular complexity index is 523. The predicted molar refractivity (Wildman–Crippen MR) is 75.2 cm³/mol. The normalized spacial score (nSPS) is 19.5. The van der Waals surface area contributed by atoms with Crippen LogP contribution in [0.15, 0.2) is 24.3 Å². The van der Waals surface area contributed by atoms with Gasteiger partial charge in [0, 0.05) is 6.04 Å². The van der Waals surface area contributed by atoms with E-state index in [-0.39, 0.29) is 17.9 Å². The molecule has 19 heavy (non-hydrogen) atoms. The van der Waals surface area contributed by atoms with Gasteiger partial charge in [-0.3, -0.25) is 9.59 Å². The molecule has 4 heteroatoms. The molecule has 2 rings (SSSR count). The summed E-state index contributed by atoms with van der Waals surface area (Å²) in [5, 5.41) is 2.80. The van der Waals surface area contributed by atoms with Gasteiger partial charge in [-0.05, 0) is 39.3 Å². The Morgan fingerprint density at radius 3 is 2.53 bits per heavy atom. The molecule has 0 aliphatic carbocycles. The Balaban J connectivity index is 2.63. The highest BCUT2D eigenvalue weighted by Gasteiger charge is 2.40. The van der Waals surface area contributed by atoms with Crippen LogP contribution in [-0.2, 0) is 4.79 Å². The van der Waals surface area contributed by atoms with Gasteiger partial charge in [0.2, 0.25) is 0 Å². The number of hydrogen-bond donors (Lipinski definition) is 1. The molecule has 1 unspecified atom stereocenters. The van der Waals surface area contributed by atoms with Crippen LogP contribution >= 0.6 is 0 Å². The number of hydrogen-bond acceptors (Lipinski definition) is 2. The molecule has 1 aliphatic rings. The number of rotatable bonds is 2. The van der Waals surface area contributed by atoms with Gasteiger partial charge in [-0.1, -0.05) is 19.1 Å². The summed E-state index contributed by atoms with van der Waals surface area (Å²) in [4.78, 5) is 26.7. The summed E-state index contributed by atoms with van der Waals surface area (Å²) >= 11 is 0. The van der Waals surface area contributed by atoms with E-state index in [9.17, 15) is 9.59 Å². The summed E-state index contributed by atoms with van der Waals surface area (Å²) in [6, 6.07) is 7.32. The first-order valence-electron chi connectivity index (χ1n) is 6.63. The Kier molecular flexibility index (Phi) is 3.35. The maximum Gasteiger partial charge on any atom is 0.254 e. The van der Waals surface area contributed by atoms with Crippen molar-refractivity contribution in [2.24, 2.45) is 0 Å². The van der Waals surface area contributed by atoms with Crippen molar-refractivity contribution in [1.82, 2.24) is 5.32 Å². The van der Waals surface area contributed by atoms with Gasteiger partial charge in [0.1, 0.15) is 5.54 Å². The van der Waals surface area contributed by atoms with E-state index in [4.69, 9.17) is 0 Å².